The molecule has 248 valence electrons. The van der Waals surface area contributed by atoms with Crippen molar-refractivity contribution in [3.05, 3.63) is 52.5 Å². The highest BCUT2D eigenvalue weighted by atomic mass is 32.1. The standard InChI is InChI=1S/C17H16N4O3S.C15H15N3O4S/c18-9-13-14(12-3-1-2-8-19-12)20-17(25-13)21-15(22)10-4-6-11(7-5-10)16(23)24;1-15(2,6-5-11(19)20)13(21)18-14-17-12(10(8-16)23-14)9-4-3-7-22-9/h1-3,8,10-11H,4-7H2,(H,23,24)(H,20,21,22);3-4,7H,5-6H2,1-2H3,(H,19,20)(H,17,18,21). The molecule has 0 spiro atoms. The number of amides is 2. The molecule has 0 aliphatic heterocycles. The number of carboxylic acids is 2. The van der Waals surface area contributed by atoms with Crippen molar-refractivity contribution < 1.29 is 33.8 Å². The Hall–Kier alpha value is -5.45. The molecule has 1 fully saturated rings. The van der Waals surface area contributed by atoms with Gasteiger partial charge in [-0.3, -0.25) is 24.2 Å². The first kappa shape index (κ1) is 35.4. The van der Waals surface area contributed by atoms with Crippen LogP contribution in [0.1, 0.15) is 62.1 Å². The molecule has 4 aromatic heterocycles. The van der Waals surface area contributed by atoms with Crippen LogP contribution in [0.4, 0.5) is 10.3 Å². The quantitative estimate of drug-likeness (QED) is 0.150. The van der Waals surface area contributed by atoms with Crippen molar-refractivity contribution in [1.82, 2.24) is 15.0 Å². The average Bonchev–Trinajstić information content (AvgIpc) is 3.85. The number of anilines is 2. The topological polar surface area (TPSA) is 232 Å². The first-order valence-electron chi connectivity index (χ1n) is 14.8. The minimum absolute atomic E-state index is 0.0978. The van der Waals surface area contributed by atoms with Crippen molar-refractivity contribution >= 4 is 56.7 Å². The molecule has 4 N–H and O–H groups in total. The molecule has 0 aromatic carbocycles. The van der Waals surface area contributed by atoms with Gasteiger partial charge in [-0.15, -0.1) is 0 Å². The van der Waals surface area contributed by atoms with Crippen molar-refractivity contribution in [3.8, 4) is 35.0 Å². The smallest absolute Gasteiger partial charge is 0.306 e. The van der Waals surface area contributed by atoms with E-state index in [9.17, 15) is 29.7 Å². The Morgan fingerprint density at radius 3 is 2.10 bits per heavy atom. The predicted molar refractivity (Wildman–Crippen MR) is 176 cm³/mol. The van der Waals surface area contributed by atoms with E-state index in [2.05, 4.69) is 31.7 Å². The van der Waals surface area contributed by atoms with Crippen molar-refractivity contribution in [2.75, 3.05) is 10.6 Å². The molecular formula is C32H31N7O7S2. The summed E-state index contributed by atoms with van der Waals surface area (Å²) in [4.78, 5) is 59.8. The molecule has 1 aliphatic rings. The highest BCUT2D eigenvalue weighted by molar-refractivity contribution is 7.17. The SMILES string of the molecule is CC(C)(CCC(=O)O)C(=O)Nc1nc(-c2ccco2)c(C#N)s1.N#Cc1sc(NC(=O)C2CCC(C(=O)O)CC2)nc1-c1ccccn1. The summed E-state index contributed by atoms with van der Waals surface area (Å²) in [6.45, 7) is 3.33. The van der Waals surface area contributed by atoms with Gasteiger partial charge in [-0.25, -0.2) is 9.97 Å². The Labute approximate surface area is 283 Å². The lowest BCUT2D eigenvalue weighted by molar-refractivity contribution is -0.144. The summed E-state index contributed by atoms with van der Waals surface area (Å²) in [6, 6.07) is 12.8. The monoisotopic (exact) mass is 689 g/mol. The fraction of sp³-hybridized carbons (Fsp3) is 0.344. The van der Waals surface area contributed by atoms with Crippen LogP contribution in [0.3, 0.4) is 0 Å². The normalized spacial score (nSPS) is 15.6. The number of hydrogen-bond acceptors (Lipinski definition) is 12. The maximum atomic E-state index is 12.4. The number of carbonyl (C=O) groups is 4. The van der Waals surface area contributed by atoms with Gasteiger partial charge in [-0.05, 0) is 56.4 Å². The molecule has 2 amide bonds. The first-order chi connectivity index (χ1) is 22.9. The van der Waals surface area contributed by atoms with Crippen LogP contribution in [-0.4, -0.2) is 48.9 Å². The molecular weight excluding hydrogens is 659 g/mol. The second-order valence-electron chi connectivity index (χ2n) is 11.4. The Morgan fingerprint density at radius 1 is 0.917 bits per heavy atom. The molecule has 0 saturated heterocycles. The van der Waals surface area contributed by atoms with Gasteiger partial charge < -0.3 is 25.3 Å². The number of carboxylic acid groups (broad SMARTS) is 2. The van der Waals surface area contributed by atoms with Gasteiger partial charge in [-0.1, -0.05) is 42.6 Å². The van der Waals surface area contributed by atoms with Crippen molar-refractivity contribution in [1.29, 1.82) is 10.5 Å². The first-order valence-corrected chi connectivity index (χ1v) is 16.4. The Bertz CT molecular complexity index is 1850. The number of nitriles is 2. The molecule has 16 heteroatoms. The number of rotatable bonds is 10. The van der Waals surface area contributed by atoms with Gasteiger partial charge in [0.2, 0.25) is 11.8 Å². The fourth-order valence-corrected chi connectivity index (χ4v) is 6.30. The summed E-state index contributed by atoms with van der Waals surface area (Å²) >= 11 is 2.16. The number of nitrogens with zero attached hydrogens (tertiary/aromatic N) is 5. The van der Waals surface area contributed by atoms with Gasteiger partial charge in [0.1, 0.15) is 33.3 Å². The second kappa shape index (κ2) is 15.9. The third kappa shape index (κ3) is 9.09. The van der Waals surface area contributed by atoms with E-state index in [-0.39, 0.29) is 41.6 Å². The number of hydrogen-bond donors (Lipinski definition) is 4. The summed E-state index contributed by atoms with van der Waals surface area (Å²) in [5.41, 5.74) is 0.554. The van der Waals surface area contributed by atoms with Gasteiger partial charge in [0.25, 0.3) is 0 Å². The minimum Gasteiger partial charge on any atom is -0.481 e. The molecule has 5 rings (SSSR count). The lowest BCUT2D eigenvalue weighted by atomic mass is 9.81. The van der Waals surface area contributed by atoms with Crippen LogP contribution in [0.25, 0.3) is 22.8 Å². The summed E-state index contributed by atoms with van der Waals surface area (Å²) in [5, 5.41) is 42.3. The zero-order chi connectivity index (χ0) is 34.8. The van der Waals surface area contributed by atoms with Crippen LogP contribution in [0.2, 0.25) is 0 Å². The van der Waals surface area contributed by atoms with Crippen molar-refractivity contribution in [3.63, 3.8) is 0 Å². The lowest BCUT2D eigenvalue weighted by Gasteiger charge is -2.24. The number of thiazole rings is 2. The van der Waals surface area contributed by atoms with E-state index in [1.54, 1.807) is 44.3 Å². The van der Waals surface area contributed by atoms with Crippen LogP contribution < -0.4 is 10.6 Å². The van der Waals surface area contributed by atoms with Gasteiger partial charge in [-0.2, -0.15) is 10.5 Å². The van der Waals surface area contributed by atoms with Crippen LogP contribution in [0.15, 0.2) is 47.2 Å². The lowest BCUT2D eigenvalue weighted by Crippen LogP contribution is -2.31. The number of nitrogens with one attached hydrogen (secondary N) is 2. The van der Waals surface area contributed by atoms with Crippen molar-refractivity contribution in [2.24, 2.45) is 17.3 Å². The Morgan fingerprint density at radius 2 is 1.54 bits per heavy atom. The third-order valence-electron chi connectivity index (χ3n) is 7.60. The molecule has 4 heterocycles. The Kier molecular flexibility index (Phi) is 11.7. The maximum absolute atomic E-state index is 12.4. The molecule has 1 saturated carbocycles. The van der Waals surface area contributed by atoms with Crippen LogP contribution in [0.5, 0.6) is 0 Å². The van der Waals surface area contributed by atoms with E-state index in [1.165, 1.54) is 6.26 Å². The number of carbonyl (C=O) groups excluding carboxylic acids is 2. The van der Waals surface area contributed by atoms with E-state index in [0.29, 0.717) is 63.4 Å². The molecule has 0 atom stereocenters. The van der Waals surface area contributed by atoms with Gasteiger partial charge in [0.15, 0.2) is 16.0 Å². The summed E-state index contributed by atoms with van der Waals surface area (Å²) in [7, 11) is 0. The molecule has 4 aromatic rings. The largest absolute Gasteiger partial charge is 0.481 e. The molecule has 48 heavy (non-hydrogen) atoms. The van der Waals surface area contributed by atoms with E-state index >= 15 is 0 Å². The van der Waals surface area contributed by atoms with Gasteiger partial charge in [0, 0.05) is 24.0 Å². The van der Waals surface area contributed by atoms with Crippen molar-refractivity contribution in [2.45, 2.75) is 52.4 Å². The predicted octanol–water partition coefficient (Wildman–Crippen LogP) is 6.01. The highest BCUT2D eigenvalue weighted by Gasteiger charge is 2.31. The van der Waals surface area contributed by atoms with E-state index in [0.717, 1.165) is 22.7 Å². The zero-order valence-electron chi connectivity index (χ0n) is 25.9. The molecule has 0 bridgehead atoms. The number of aromatic nitrogens is 3. The third-order valence-corrected chi connectivity index (χ3v) is 9.35. The van der Waals surface area contributed by atoms with Crippen LogP contribution >= 0.6 is 22.7 Å². The van der Waals surface area contributed by atoms with E-state index < -0.39 is 17.4 Å². The zero-order valence-corrected chi connectivity index (χ0v) is 27.6. The van der Waals surface area contributed by atoms with Crippen LogP contribution in [0, 0.1) is 39.9 Å². The average molecular weight is 690 g/mol. The highest BCUT2D eigenvalue weighted by Crippen LogP contribution is 2.34. The second-order valence-corrected chi connectivity index (χ2v) is 13.4. The van der Waals surface area contributed by atoms with Gasteiger partial charge in [0.05, 0.1) is 17.9 Å². The molecule has 0 unspecified atom stereocenters. The maximum Gasteiger partial charge on any atom is 0.306 e. The summed E-state index contributed by atoms with van der Waals surface area (Å²) < 4.78 is 5.23. The summed E-state index contributed by atoms with van der Waals surface area (Å²) in [6.07, 6.45) is 5.31. The number of pyridine rings is 1. The van der Waals surface area contributed by atoms with E-state index in [4.69, 9.17) is 14.6 Å². The summed E-state index contributed by atoms with van der Waals surface area (Å²) in [5.74, 6) is -2.39. The minimum atomic E-state index is -0.952. The molecule has 14 nitrogen and oxygen atoms in total. The van der Waals surface area contributed by atoms with Crippen LogP contribution in [-0.2, 0) is 19.2 Å². The van der Waals surface area contributed by atoms with E-state index in [1.807, 2.05) is 12.1 Å². The van der Waals surface area contributed by atoms with Gasteiger partial charge >= 0.3 is 11.9 Å². The fourth-order valence-electron chi connectivity index (χ4n) is 4.76. The molecule has 0 radical (unpaired) electrons. The number of aliphatic carboxylic acids is 2. The molecule has 1 aliphatic carbocycles. The Balaban J connectivity index is 0.000000218. The number of furan rings is 1.